The van der Waals surface area contributed by atoms with E-state index in [1.807, 2.05) is 0 Å². The van der Waals surface area contributed by atoms with E-state index in [1.165, 1.54) is 16.3 Å². The molecular formula is C25H40O2Si. The fraction of sp³-hybridized carbons (Fsp3) is 0.640. The fourth-order valence-electron chi connectivity index (χ4n) is 6.09. The highest BCUT2D eigenvalue weighted by Gasteiger charge is 2.56. The second-order valence-corrected chi connectivity index (χ2v) is 15.2. The molecule has 0 spiro atoms. The smallest absolute Gasteiger partial charge is 0.158 e. The number of ether oxygens (including phenoxy) is 1. The van der Waals surface area contributed by atoms with Crippen LogP contribution in [0.3, 0.4) is 0 Å². The average Bonchev–Trinajstić information content (AvgIpc) is 2.93. The molecule has 0 bridgehead atoms. The molecule has 0 saturated heterocycles. The Morgan fingerprint density at radius 3 is 1.96 bits per heavy atom. The van der Waals surface area contributed by atoms with Gasteiger partial charge in [-0.3, -0.25) is 4.79 Å². The van der Waals surface area contributed by atoms with Gasteiger partial charge >= 0.3 is 0 Å². The number of carbonyl (C=O) groups excluding carboxylic acids is 1. The van der Waals surface area contributed by atoms with Crippen molar-refractivity contribution in [2.45, 2.75) is 96.4 Å². The summed E-state index contributed by atoms with van der Waals surface area (Å²) in [7, 11) is -0.294. The molecule has 1 aromatic carbocycles. The van der Waals surface area contributed by atoms with Crippen LogP contribution in [0.15, 0.2) is 35.5 Å². The van der Waals surface area contributed by atoms with Crippen molar-refractivity contribution in [2.24, 2.45) is 0 Å². The molecule has 0 fully saturated rings. The second-order valence-electron chi connectivity index (χ2n) is 9.42. The van der Waals surface area contributed by atoms with Crippen molar-refractivity contribution in [2.75, 3.05) is 7.11 Å². The van der Waals surface area contributed by atoms with Gasteiger partial charge in [-0.25, -0.2) is 0 Å². The number of carbonyl (C=O) groups is 1. The summed E-state index contributed by atoms with van der Waals surface area (Å²) in [4.78, 5) is 13.8. The van der Waals surface area contributed by atoms with Crippen LogP contribution in [0.4, 0.5) is 0 Å². The minimum absolute atomic E-state index is 0.347. The lowest BCUT2D eigenvalue weighted by Gasteiger charge is -2.45. The molecule has 28 heavy (non-hydrogen) atoms. The first-order chi connectivity index (χ1) is 13.2. The average molecular weight is 401 g/mol. The third-order valence-electron chi connectivity index (χ3n) is 7.12. The first kappa shape index (κ1) is 23.1. The van der Waals surface area contributed by atoms with Crippen LogP contribution in [0.5, 0.6) is 0 Å². The Hall–Kier alpha value is -1.19. The van der Waals surface area contributed by atoms with Crippen molar-refractivity contribution in [1.82, 2.24) is 0 Å². The van der Waals surface area contributed by atoms with E-state index in [-0.39, 0.29) is 0 Å². The summed E-state index contributed by atoms with van der Waals surface area (Å²) in [5.41, 5.74) is 3.44. The van der Waals surface area contributed by atoms with E-state index in [0.29, 0.717) is 28.8 Å². The Morgan fingerprint density at radius 2 is 1.54 bits per heavy atom. The van der Waals surface area contributed by atoms with E-state index in [0.717, 1.165) is 19.3 Å². The predicted octanol–water partition coefficient (Wildman–Crippen LogP) is 7.21. The van der Waals surface area contributed by atoms with Crippen molar-refractivity contribution in [3.05, 3.63) is 41.1 Å². The molecule has 1 atom stereocenters. The zero-order valence-corrected chi connectivity index (χ0v) is 20.3. The number of hydrogen-bond acceptors (Lipinski definition) is 2. The van der Waals surface area contributed by atoms with Gasteiger partial charge in [-0.05, 0) is 39.4 Å². The van der Waals surface area contributed by atoms with E-state index in [4.69, 9.17) is 4.74 Å². The molecule has 3 heteroatoms. The first-order valence-electron chi connectivity index (χ1n) is 11.1. The van der Waals surface area contributed by atoms with Gasteiger partial charge in [0.1, 0.15) is 5.60 Å². The number of rotatable bonds is 9. The van der Waals surface area contributed by atoms with Crippen LogP contribution < -0.4 is 0 Å². The van der Waals surface area contributed by atoms with E-state index < -0.39 is 13.7 Å². The maximum Gasteiger partial charge on any atom is 0.158 e. The van der Waals surface area contributed by atoms with Crippen molar-refractivity contribution >= 4 is 19.4 Å². The Bertz CT molecular complexity index is 681. The molecule has 2 rings (SSSR count). The third kappa shape index (κ3) is 3.68. The Balaban J connectivity index is 2.92. The number of allylic oxidation sites excluding steroid dienone is 1. The number of unbranched alkanes of at least 4 members (excludes halogenated alkanes) is 1. The highest BCUT2D eigenvalue weighted by Crippen LogP contribution is 2.56. The topological polar surface area (TPSA) is 26.3 Å². The predicted molar refractivity (Wildman–Crippen MR) is 123 cm³/mol. The SMILES string of the molecule is CCCCC1(OC)CC(=O)C([Si](C(C)C)(C(C)C)C(C)C)=C1c1ccccc1. The van der Waals surface area contributed by atoms with Crippen LogP contribution >= 0.6 is 0 Å². The number of methoxy groups -OCH3 is 1. The monoisotopic (exact) mass is 400 g/mol. The first-order valence-corrected chi connectivity index (χ1v) is 13.3. The Labute approximate surface area is 173 Å². The molecule has 0 amide bonds. The summed E-state index contributed by atoms with van der Waals surface area (Å²) < 4.78 is 6.25. The molecule has 0 aliphatic heterocycles. The van der Waals surface area contributed by atoms with Crippen LogP contribution in [0.1, 0.15) is 79.7 Å². The number of benzene rings is 1. The largest absolute Gasteiger partial charge is 0.373 e. The third-order valence-corrected chi connectivity index (χ3v) is 14.2. The Kier molecular flexibility index (Phi) is 7.49. The minimum Gasteiger partial charge on any atom is -0.373 e. The molecule has 0 saturated carbocycles. The highest BCUT2D eigenvalue weighted by atomic mass is 28.3. The van der Waals surface area contributed by atoms with E-state index in [9.17, 15) is 4.79 Å². The van der Waals surface area contributed by atoms with Gasteiger partial charge in [0.25, 0.3) is 0 Å². The highest BCUT2D eigenvalue weighted by molar-refractivity contribution is 6.94. The van der Waals surface area contributed by atoms with E-state index >= 15 is 0 Å². The summed E-state index contributed by atoms with van der Waals surface area (Å²) >= 11 is 0. The van der Waals surface area contributed by atoms with E-state index in [2.05, 4.69) is 78.8 Å². The summed E-state index contributed by atoms with van der Waals surface area (Å²) in [6.07, 6.45) is 3.60. The lowest BCUT2D eigenvalue weighted by atomic mass is 9.85. The van der Waals surface area contributed by atoms with Gasteiger partial charge in [-0.1, -0.05) is 91.6 Å². The van der Waals surface area contributed by atoms with Crippen LogP contribution in [0.2, 0.25) is 16.6 Å². The number of hydrogen-bond donors (Lipinski definition) is 0. The molecule has 1 aromatic rings. The van der Waals surface area contributed by atoms with Crippen molar-refractivity contribution < 1.29 is 9.53 Å². The van der Waals surface area contributed by atoms with Crippen LogP contribution in [0, 0.1) is 0 Å². The van der Waals surface area contributed by atoms with Gasteiger partial charge in [-0.15, -0.1) is 0 Å². The van der Waals surface area contributed by atoms with Gasteiger partial charge in [-0.2, -0.15) is 0 Å². The fourth-order valence-corrected chi connectivity index (χ4v) is 13.2. The molecule has 0 radical (unpaired) electrons. The maximum absolute atomic E-state index is 13.8. The normalized spacial score (nSPS) is 20.9. The molecule has 1 aliphatic rings. The van der Waals surface area contributed by atoms with Gasteiger partial charge in [0.15, 0.2) is 5.78 Å². The number of Topliss-reactive ketones (excluding diaryl/α,β-unsaturated/α-hetero) is 1. The summed E-state index contributed by atoms with van der Waals surface area (Å²) in [6.45, 7) is 16.3. The molecule has 0 aromatic heterocycles. The lowest BCUT2D eigenvalue weighted by Crippen LogP contribution is -2.48. The van der Waals surface area contributed by atoms with E-state index in [1.54, 1.807) is 7.11 Å². The summed E-state index contributed by atoms with van der Waals surface area (Å²) in [6, 6.07) is 10.6. The van der Waals surface area contributed by atoms with Gasteiger partial charge in [0, 0.05) is 13.5 Å². The van der Waals surface area contributed by atoms with Crippen molar-refractivity contribution in [3.8, 4) is 0 Å². The molecule has 2 nitrogen and oxygen atoms in total. The zero-order valence-electron chi connectivity index (χ0n) is 19.3. The molecule has 1 aliphatic carbocycles. The van der Waals surface area contributed by atoms with Crippen LogP contribution in [-0.4, -0.2) is 26.6 Å². The van der Waals surface area contributed by atoms with Crippen molar-refractivity contribution in [1.29, 1.82) is 0 Å². The quantitative estimate of drug-likeness (QED) is 0.409. The van der Waals surface area contributed by atoms with Gasteiger partial charge < -0.3 is 4.74 Å². The minimum atomic E-state index is -2.10. The Morgan fingerprint density at radius 1 is 1.00 bits per heavy atom. The molecule has 0 N–H and O–H groups in total. The molecule has 0 heterocycles. The zero-order chi connectivity index (χ0) is 21.1. The lowest BCUT2D eigenvalue weighted by molar-refractivity contribution is -0.117. The standard InChI is InChI=1S/C25H40O2Si/c1-9-10-16-25(27-8)17-22(26)24(23(25)21-14-12-11-13-15-21)28(18(2)3,19(4)5)20(6)7/h11-15,18-20H,9-10,16-17H2,1-8H3. The van der Waals surface area contributed by atoms with Crippen LogP contribution in [0.25, 0.3) is 5.57 Å². The second kappa shape index (κ2) is 9.09. The maximum atomic E-state index is 13.8. The van der Waals surface area contributed by atoms with Gasteiger partial charge in [0.2, 0.25) is 0 Å². The van der Waals surface area contributed by atoms with Crippen molar-refractivity contribution in [3.63, 3.8) is 0 Å². The molecular weight excluding hydrogens is 360 g/mol. The summed E-state index contributed by atoms with van der Waals surface area (Å²) in [5, 5.41) is 1.18. The number of ketones is 1. The molecule has 156 valence electrons. The van der Waals surface area contributed by atoms with Gasteiger partial charge in [0.05, 0.1) is 8.07 Å². The molecule has 1 unspecified atom stereocenters. The van der Waals surface area contributed by atoms with Crippen LogP contribution in [-0.2, 0) is 9.53 Å². The summed E-state index contributed by atoms with van der Waals surface area (Å²) in [5.74, 6) is 0.347.